The van der Waals surface area contributed by atoms with Crippen molar-refractivity contribution < 1.29 is 9.53 Å². The van der Waals surface area contributed by atoms with Gasteiger partial charge in [-0.1, -0.05) is 11.6 Å². The minimum atomic E-state index is -0.464. The van der Waals surface area contributed by atoms with Crippen LogP contribution in [0.5, 0.6) is 0 Å². The number of hydrogen-bond donors (Lipinski definition) is 0. The van der Waals surface area contributed by atoms with Crippen LogP contribution in [0.2, 0.25) is 5.02 Å². The lowest BCUT2D eigenvalue weighted by Gasteiger charge is -2.04. The quantitative estimate of drug-likeness (QED) is 0.757. The average molecular weight is 301 g/mol. The van der Waals surface area contributed by atoms with Crippen LogP contribution < -0.4 is 0 Å². The molecule has 1 aromatic heterocycles. The molecule has 1 heterocycles. The summed E-state index contributed by atoms with van der Waals surface area (Å²) in [6.45, 7) is 0. The van der Waals surface area contributed by atoms with Gasteiger partial charge in [-0.05, 0) is 40.2 Å². The highest BCUT2D eigenvalue weighted by Crippen LogP contribution is 2.28. The highest BCUT2D eigenvalue weighted by molar-refractivity contribution is 9.10. The molecular weight excluding hydrogens is 293 g/mol. The van der Waals surface area contributed by atoms with Crippen molar-refractivity contribution in [1.82, 2.24) is 4.98 Å². The van der Waals surface area contributed by atoms with E-state index in [9.17, 15) is 4.79 Å². The molecule has 0 amide bonds. The monoisotopic (exact) mass is 299 g/mol. The molecule has 0 bridgehead atoms. The fraction of sp³-hybridized carbons (Fsp3) is 0.0909. The summed E-state index contributed by atoms with van der Waals surface area (Å²) in [5.74, 6) is -0.464. The number of fused-ring (bicyclic) bond motifs is 1. The molecule has 0 saturated heterocycles. The maximum atomic E-state index is 11.3. The van der Waals surface area contributed by atoms with Gasteiger partial charge in [-0.3, -0.25) is 0 Å². The van der Waals surface area contributed by atoms with Gasteiger partial charge in [-0.2, -0.15) is 0 Å². The second-order valence-electron chi connectivity index (χ2n) is 3.11. The fourth-order valence-corrected chi connectivity index (χ4v) is 2.02. The molecule has 0 N–H and O–H groups in total. The van der Waals surface area contributed by atoms with E-state index < -0.39 is 5.97 Å². The molecular formula is C11H7BrClNO2. The standard InChI is InChI=1S/C11H7BrClNO2/c1-16-11(15)9-5-2-6-8(13)4-3-7(12)10(6)14-9/h2-5H,1H3. The number of pyridine rings is 1. The van der Waals surface area contributed by atoms with Crippen molar-refractivity contribution in [1.29, 1.82) is 0 Å². The second-order valence-corrected chi connectivity index (χ2v) is 4.37. The summed E-state index contributed by atoms with van der Waals surface area (Å²) in [4.78, 5) is 15.5. The van der Waals surface area contributed by atoms with Gasteiger partial charge in [0.05, 0.1) is 17.6 Å². The first kappa shape index (κ1) is 11.4. The predicted octanol–water partition coefficient (Wildman–Crippen LogP) is 3.44. The highest BCUT2D eigenvalue weighted by Gasteiger charge is 2.10. The van der Waals surface area contributed by atoms with Gasteiger partial charge < -0.3 is 4.74 Å². The lowest BCUT2D eigenvalue weighted by atomic mass is 10.2. The van der Waals surface area contributed by atoms with Crippen LogP contribution in [0, 0.1) is 0 Å². The number of nitrogens with zero attached hydrogens (tertiary/aromatic N) is 1. The minimum Gasteiger partial charge on any atom is -0.464 e. The number of carbonyl (C=O) groups excluding carboxylic acids is 1. The van der Waals surface area contributed by atoms with E-state index in [4.69, 9.17) is 11.6 Å². The largest absolute Gasteiger partial charge is 0.464 e. The minimum absolute atomic E-state index is 0.262. The van der Waals surface area contributed by atoms with Gasteiger partial charge in [0.25, 0.3) is 0 Å². The summed E-state index contributed by atoms with van der Waals surface area (Å²) < 4.78 is 5.40. The van der Waals surface area contributed by atoms with Gasteiger partial charge in [0.1, 0.15) is 5.69 Å². The molecule has 1 aromatic carbocycles. The molecule has 0 unspecified atom stereocenters. The van der Waals surface area contributed by atoms with Gasteiger partial charge in [0.2, 0.25) is 0 Å². The van der Waals surface area contributed by atoms with Crippen molar-refractivity contribution in [2.24, 2.45) is 0 Å². The zero-order chi connectivity index (χ0) is 11.7. The number of rotatable bonds is 1. The first-order valence-corrected chi connectivity index (χ1v) is 5.63. The van der Waals surface area contributed by atoms with Crippen molar-refractivity contribution in [3.05, 3.63) is 39.5 Å². The van der Waals surface area contributed by atoms with Crippen molar-refractivity contribution in [3.63, 3.8) is 0 Å². The molecule has 16 heavy (non-hydrogen) atoms. The Hall–Kier alpha value is -1.13. The third-order valence-corrected chi connectivity index (χ3v) is 3.12. The van der Waals surface area contributed by atoms with Gasteiger partial charge in [-0.15, -0.1) is 0 Å². The van der Waals surface area contributed by atoms with Crippen LogP contribution in [0.25, 0.3) is 10.9 Å². The summed E-state index contributed by atoms with van der Waals surface area (Å²) in [6.07, 6.45) is 0. The highest BCUT2D eigenvalue weighted by atomic mass is 79.9. The summed E-state index contributed by atoms with van der Waals surface area (Å²) >= 11 is 9.38. The van der Waals surface area contributed by atoms with Crippen LogP contribution in [-0.4, -0.2) is 18.1 Å². The fourth-order valence-electron chi connectivity index (χ4n) is 1.37. The molecule has 0 spiro atoms. The predicted molar refractivity (Wildman–Crippen MR) is 65.8 cm³/mol. The summed E-state index contributed by atoms with van der Waals surface area (Å²) in [6, 6.07) is 6.90. The number of halogens is 2. The van der Waals surface area contributed by atoms with Gasteiger partial charge in [0.15, 0.2) is 0 Å². The molecule has 0 atom stereocenters. The van der Waals surface area contributed by atoms with Crippen LogP contribution in [-0.2, 0) is 4.74 Å². The Kier molecular flexibility index (Phi) is 3.12. The van der Waals surface area contributed by atoms with E-state index in [-0.39, 0.29) is 5.69 Å². The van der Waals surface area contributed by atoms with Crippen LogP contribution in [0.1, 0.15) is 10.5 Å². The number of aromatic nitrogens is 1. The number of methoxy groups -OCH3 is 1. The molecule has 2 aromatic rings. The lowest BCUT2D eigenvalue weighted by Crippen LogP contribution is -2.04. The van der Waals surface area contributed by atoms with E-state index in [1.165, 1.54) is 7.11 Å². The lowest BCUT2D eigenvalue weighted by molar-refractivity contribution is 0.0594. The SMILES string of the molecule is COC(=O)c1ccc2c(Cl)ccc(Br)c2n1. The zero-order valence-corrected chi connectivity index (χ0v) is 10.7. The molecule has 0 radical (unpaired) electrons. The zero-order valence-electron chi connectivity index (χ0n) is 8.33. The summed E-state index contributed by atoms with van der Waals surface area (Å²) in [5.41, 5.74) is 0.911. The normalized spacial score (nSPS) is 10.4. The van der Waals surface area contributed by atoms with Gasteiger partial charge in [0, 0.05) is 9.86 Å². The Balaban J connectivity index is 2.70. The number of hydrogen-bond acceptors (Lipinski definition) is 3. The average Bonchev–Trinajstić information content (AvgIpc) is 2.32. The van der Waals surface area contributed by atoms with E-state index >= 15 is 0 Å². The van der Waals surface area contributed by atoms with Crippen molar-refractivity contribution in [2.45, 2.75) is 0 Å². The molecule has 3 nitrogen and oxygen atoms in total. The van der Waals surface area contributed by atoms with E-state index in [2.05, 4.69) is 25.7 Å². The smallest absolute Gasteiger partial charge is 0.356 e. The first-order valence-electron chi connectivity index (χ1n) is 4.46. The molecule has 0 aliphatic carbocycles. The Bertz CT molecular complexity index is 571. The summed E-state index contributed by atoms with van der Waals surface area (Å²) in [7, 11) is 1.32. The van der Waals surface area contributed by atoms with Crippen LogP contribution in [0.15, 0.2) is 28.7 Å². The molecule has 5 heteroatoms. The van der Waals surface area contributed by atoms with Crippen LogP contribution in [0.3, 0.4) is 0 Å². The maximum Gasteiger partial charge on any atom is 0.356 e. The molecule has 0 fully saturated rings. The third kappa shape index (κ3) is 1.90. The number of esters is 1. The molecule has 0 aliphatic heterocycles. The Morgan fingerprint density at radius 1 is 1.38 bits per heavy atom. The van der Waals surface area contributed by atoms with Gasteiger partial charge >= 0.3 is 5.97 Å². The van der Waals surface area contributed by atoms with Crippen molar-refractivity contribution in [2.75, 3.05) is 7.11 Å². The Labute approximate surface area is 106 Å². The molecule has 0 aliphatic rings. The van der Waals surface area contributed by atoms with Crippen LogP contribution >= 0.6 is 27.5 Å². The maximum absolute atomic E-state index is 11.3. The second kappa shape index (κ2) is 4.39. The van der Waals surface area contributed by atoms with Crippen LogP contribution in [0.4, 0.5) is 0 Å². The van der Waals surface area contributed by atoms with E-state index in [0.29, 0.717) is 10.5 Å². The van der Waals surface area contributed by atoms with Gasteiger partial charge in [-0.25, -0.2) is 9.78 Å². The number of carbonyl (C=O) groups is 1. The molecule has 82 valence electrons. The molecule has 0 saturated carbocycles. The van der Waals surface area contributed by atoms with E-state index in [0.717, 1.165) is 9.86 Å². The van der Waals surface area contributed by atoms with Crippen molar-refractivity contribution >= 4 is 44.4 Å². The number of benzene rings is 1. The summed E-state index contributed by atoms with van der Waals surface area (Å²) in [5, 5.41) is 1.39. The topological polar surface area (TPSA) is 39.2 Å². The Morgan fingerprint density at radius 2 is 2.12 bits per heavy atom. The van der Waals surface area contributed by atoms with E-state index in [1.54, 1.807) is 24.3 Å². The third-order valence-electron chi connectivity index (χ3n) is 2.15. The van der Waals surface area contributed by atoms with E-state index in [1.807, 2.05) is 0 Å². The first-order chi connectivity index (χ1) is 7.63. The molecule has 2 rings (SSSR count). The Morgan fingerprint density at radius 3 is 2.81 bits per heavy atom. The number of ether oxygens (including phenoxy) is 1. The van der Waals surface area contributed by atoms with Crippen molar-refractivity contribution in [3.8, 4) is 0 Å².